The molecule has 2 heterocycles. The maximum absolute atomic E-state index is 12.9. The van der Waals surface area contributed by atoms with Gasteiger partial charge in [-0.05, 0) is 36.5 Å². The topological polar surface area (TPSA) is 64.7 Å². The summed E-state index contributed by atoms with van der Waals surface area (Å²) in [7, 11) is 0. The molecule has 2 aromatic carbocycles. The predicted molar refractivity (Wildman–Crippen MR) is 146 cm³/mol. The van der Waals surface area contributed by atoms with Crippen LogP contribution in [0.25, 0.3) is 6.08 Å². The van der Waals surface area contributed by atoms with Crippen LogP contribution < -0.4 is 10.6 Å². The fourth-order valence-corrected chi connectivity index (χ4v) is 6.72. The molecule has 1 aliphatic carbocycles. The van der Waals surface area contributed by atoms with E-state index in [9.17, 15) is 9.59 Å². The molecule has 3 unspecified atom stereocenters. The molecule has 3 atom stereocenters. The minimum absolute atomic E-state index is 0.0161. The fourth-order valence-electron chi connectivity index (χ4n) is 5.42. The molecule has 5 rings (SSSR count). The maximum atomic E-state index is 12.9. The van der Waals surface area contributed by atoms with Crippen molar-refractivity contribution in [1.82, 2.24) is 20.4 Å². The number of nitrogens with one attached hydrogen (secondary N) is 2. The van der Waals surface area contributed by atoms with Crippen molar-refractivity contribution in [1.29, 1.82) is 0 Å². The summed E-state index contributed by atoms with van der Waals surface area (Å²) < 4.78 is 0. The van der Waals surface area contributed by atoms with E-state index in [-0.39, 0.29) is 23.8 Å². The van der Waals surface area contributed by atoms with Gasteiger partial charge >= 0.3 is 0 Å². The highest BCUT2D eigenvalue weighted by atomic mass is 32.2. The summed E-state index contributed by atoms with van der Waals surface area (Å²) in [5.74, 6) is 0.105. The smallest absolute Gasteiger partial charge is 0.257 e. The number of carbonyl (C=O) groups is 2. The predicted octanol–water partition coefficient (Wildman–Crippen LogP) is 3.36. The summed E-state index contributed by atoms with van der Waals surface area (Å²) in [5.41, 5.74) is 2.41. The number of carbonyl (C=O) groups excluding carboxylic acids is 2. The van der Waals surface area contributed by atoms with Crippen LogP contribution in [0.3, 0.4) is 0 Å². The van der Waals surface area contributed by atoms with Gasteiger partial charge in [0.1, 0.15) is 0 Å². The van der Waals surface area contributed by atoms with Gasteiger partial charge in [0.2, 0.25) is 5.91 Å². The molecular weight excluding hydrogens is 468 g/mol. The van der Waals surface area contributed by atoms with E-state index >= 15 is 0 Å². The van der Waals surface area contributed by atoms with Crippen LogP contribution in [0.2, 0.25) is 0 Å². The molecule has 3 aliphatic rings. The highest BCUT2D eigenvalue weighted by Crippen LogP contribution is 2.39. The molecular formula is C29H36N4O2S. The van der Waals surface area contributed by atoms with Crippen molar-refractivity contribution in [3.05, 3.63) is 76.7 Å². The van der Waals surface area contributed by atoms with Crippen molar-refractivity contribution in [3.8, 4) is 0 Å². The minimum atomic E-state index is -0.0190. The first-order valence-electron chi connectivity index (χ1n) is 13.1. The molecule has 2 N–H and O–H groups in total. The van der Waals surface area contributed by atoms with Crippen LogP contribution in [0.5, 0.6) is 0 Å². The molecule has 2 amide bonds. The Morgan fingerprint density at radius 3 is 2.42 bits per heavy atom. The SMILES string of the molecule is O=C1NC2CC(C(=O)NCCN3CCN(Cc4ccccc4)CC3)CCC2S/C1=C\c1ccccc1. The minimum Gasteiger partial charge on any atom is -0.355 e. The lowest BCUT2D eigenvalue weighted by atomic mass is 9.84. The lowest BCUT2D eigenvalue weighted by Gasteiger charge is -2.39. The normalized spacial score (nSPS) is 26.3. The van der Waals surface area contributed by atoms with Gasteiger partial charge in [-0.25, -0.2) is 0 Å². The second-order valence-corrected chi connectivity index (χ2v) is 11.3. The van der Waals surface area contributed by atoms with Gasteiger partial charge in [0.15, 0.2) is 0 Å². The first kappa shape index (κ1) is 25.1. The van der Waals surface area contributed by atoms with Gasteiger partial charge in [-0.15, -0.1) is 11.8 Å². The molecule has 2 aromatic rings. The van der Waals surface area contributed by atoms with Crippen molar-refractivity contribution in [2.45, 2.75) is 37.1 Å². The molecule has 2 saturated heterocycles. The molecule has 0 bridgehead atoms. The van der Waals surface area contributed by atoms with Crippen molar-refractivity contribution in [2.24, 2.45) is 5.92 Å². The highest BCUT2D eigenvalue weighted by Gasteiger charge is 2.39. The summed E-state index contributed by atoms with van der Waals surface area (Å²) in [6, 6.07) is 20.7. The first-order chi connectivity index (χ1) is 17.6. The summed E-state index contributed by atoms with van der Waals surface area (Å²) in [4.78, 5) is 31.3. The Balaban J connectivity index is 1.02. The molecule has 1 saturated carbocycles. The number of thioether (sulfide) groups is 1. The maximum Gasteiger partial charge on any atom is 0.257 e. The number of amides is 2. The Bertz CT molecular complexity index is 1050. The summed E-state index contributed by atoms with van der Waals surface area (Å²) >= 11 is 1.68. The Labute approximate surface area is 218 Å². The van der Waals surface area contributed by atoms with Crippen LogP contribution >= 0.6 is 11.8 Å². The standard InChI is InChI=1S/C29H36N4O2S/c34-28(30-13-14-32-15-17-33(18-16-32)21-23-9-5-2-6-10-23)24-11-12-26-25(20-24)31-29(35)27(36-26)19-22-7-3-1-4-8-22/h1-10,19,24-26H,11-18,20-21H2,(H,30,34)(H,31,35)/b27-19-. The van der Waals surface area contributed by atoms with Crippen molar-refractivity contribution >= 4 is 29.7 Å². The van der Waals surface area contributed by atoms with Gasteiger partial charge in [0, 0.05) is 63.0 Å². The van der Waals surface area contributed by atoms with Gasteiger partial charge in [0.05, 0.1) is 4.91 Å². The van der Waals surface area contributed by atoms with Crippen molar-refractivity contribution < 1.29 is 9.59 Å². The molecule has 190 valence electrons. The van der Waals surface area contributed by atoms with E-state index in [1.165, 1.54) is 5.56 Å². The molecule has 36 heavy (non-hydrogen) atoms. The largest absolute Gasteiger partial charge is 0.355 e. The van der Waals surface area contributed by atoms with Gasteiger partial charge in [-0.3, -0.25) is 19.4 Å². The third-order valence-electron chi connectivity index (χ3n) is 7.51. The molecule has 0 spiro atoms. The third-order valence-corrected chi connectivity index (χ3v) is 8.94. The van der Waals surface area contributed by atoms with Crippen LogP contribution in [-0.2, 0) is 16.1 Å². The number of hydrogen-bond donors (Lipinski definition) is 2. The number of fused-ring (bicyclic) bond motifs is 1. The highest BCUT2D eigenvalue weighted by molar-refractivity contribution is 8.04. The molecule has 2 aliphatic heterocycles. The third kappa shape index (κ3) is 6.58. The van der Waals surface area contributed by atoms with Crippen LogP contribution in [0.15, 0.2) is 65.6 Å². The Kier molecular flexibility index (Phi) is 8.41. The molecule has 6 nitrogen and oxygen atoms in total. The zero-order valence-electron chi connectivity index (χ0n) is 20.8. The average Bonchev–Trinajstić information content (AvgIpc) is 2.91. The molecule has 7 heteroatoms. The summed E-state index contributed by atoms with van der Waals surface area (Å²) in [6.07, 6.45) is 4.53. The molecule has 0 radical (unpaired) electrons. The zero-order valence-corrected chi connectivity index (χ0v) is 21.6. The van der Waals surface area contributed by atoms with E-state index in [4.69, 9.17) is 0 Å². The van der Waals surface area contributed by atoms with E-state index in [0.717, 1.165) is 69.0 Å². The van der Waals surface area contributed by atoms with Crippen LogP contribution in [-0.4, -0.2) is 72.2 Å². The Hall–Kier alpha value is -2.61. The fraction of sp³-hybridized carbons (Fsp3) is 0.448. The quantitative estimate of drug-likeness (QED) is 0.566. The molecule has 3 fully saturated rings. The van der Waals surface area contributed by atoms with Crippen LogP contribution in [0, 0.1) is 5.92 Å². The van der Waals surface area contributed by atoms with Crippen molar-refractivity contribution in [3.63, 3.8) is 0 Å². The van der Waals surface area contributed by atoms with Crippen molar-refractivity contribution in [2.75, 3.05) is 39.3 Å². The lowest BCUT2D eigenvalue weighted by molar-refractivity contribution is -0.127. The summed E-state index contributed by atoms with van der Waals surface area (Å²) in [6.45, 7) is 6.79. The number of benzene rings is 2. The van der Waals surface area contributed by atoms with Crippen LogP contribution in [0.1, 0.15) is 30.4 Å². The second-order valence-electron chi connectivity index (χ2n) is 10.1. The van der Waals surface area contributed by atoms with E-state index < -0.39 is 0 Å². The molecule has 0 aromatic heterocycles. The number of hydrogen-bond acceptors (Lipinski definition) is 5. The van der Waals surface area contributed by atoms with E-state index in [1.807, 2.05) is 36.4 Å². The van der Waals surface area contributed by atoms with E-state index in [2.05, 4.69) is 50.8 Å². The van der Waals surface area contributed by atoms with E-state index in [0.29, 0.717) is 11.8 Å². The Morgan fingerprint density at radius 2 is 1.67 bits per heavy atom. The number of rotatable bonds is 7. The average molecular weight is 505 g/mol. The van der Waals surface area contributed by atoms with Crippen LogP contribution in [0.4, 0.5) is 0 Å². The van der Waals surface area contributed by atoms with Gasteiger partial charge in [-0.2, -0.15) is 0 Å². The summed E-state index contributed by atoms with van der Waals surface area (Å²) in [5, 5.41) is 6.70. The number of nitrogens with zero attached hydrogens (tertiary/aromatic N) is 2. The van der Waals surface area contributed by atoms with E-state index in [1.54, 1.807) is 11.8 Å². The van der Waals surface area contributed by atoms with Gasteiger partial charge in [-0.1, -0.05) is 60.7 Å². The zero-order chi connectivity index (χ0) is 24.7. The van der Waals surface area contributed by atoms with Gasteiger partial charge in [0.25, 0.3) is 5.91 Å². The first-order valence-corrected chi connectivity index (χ1v) is 14.0. The monoisotopic (exact) mass is 504 g/mol. The lowest BCUT2D eigenvalue weighted by Crippen LogP contribution is -2.52. The van der Waals surface area contributed by atoms with Gasteiger partial charge < -0.3 is 10.6 Å². The Morgan fingerprint density at radius 1 is 0.972 bits per heavy atom. The number of piperazine rings is 1. The second kappa shape index (κ2) is 12.1.